The van der Waals surface area contributed by atoms with Crippen LogP contribution in [0.15, 0.2) is 11.4 Å². The quantitative estimate of drug-likeness (QED) is 0.885. The summed E-state index contributed by atoms with van der Waals surface area (Å²) in [6.07, 6.45) is 0. The SMILES string of the molecule is Cc1ccsc1CN1C(=O)C(C)(C)NC(=O)C1C. The molecule has 1 aliphatic rings. The predicted molar refractivity (Wildman–Crippen MR) is 71.3 cm³/mol. The van der Waals surface area contributed by atoms with E-state index in [2.05, 4.69) is 5.32 Å². The molecule has 1 saturated heterocycles. The lowest BCUT2D eigenvalue weighted by Gasteiger charge is -2.41. The van der Waals surface area contributed by atoms with Gasteiger partial charge in [-0.15, -0.1) is 11.3 Å². The predicted octanol–water partition coefficient (Wildman–Crippen LogP) is 1.68. The molecule has 0 aliphatic carbocycles. The number of thiophene rings is 1. The van der Waals surface area contributed by atoms with Gasteiger partial charge in [0.05, 0.1) is 6.54 Å². The highest BCUT2D eigenvalue weighted by Gasteiger charge is 2.43. The maximum atomic E-state index is 12.4. The topological polar surface area (TPSA) is 49.4 Å². The Morgan fingerprint density at radius 1 is 1.44 bits per heavy atom. The maximum Gasteiger partial charge on any atom is 0.248 e. The summed E-state index contributed by atoms with van der Waals surface area (Å²) in [4.78, 5) is 27.0. The summed E-state index contributed by atoms with van der Waals surface area (Å²) in [5, 5.41) is 4.76. The van der Waals surface area contributed by atoms with Crippen LogP contribution in [0.25, 0.3) is 0 Å². The molecule has 1 N–H and O–H groups in total. The molecule has 5 heteroatoms. The number of aryl methyl sites for hydroxylation is 1. The normalized spacial score (nSPS) is 23.1. The van der Waals surface area contributed by atoms with Crippen molar-refractivity contribution >= 4 is 23.2 Å². The highest BCUT2D eigenvalue weighted by atomic mass is 32.1. The standard InChI is InChI=1S/C13H18N2O2S/c1-8-5-6-18-10(8)7-15-9(2)11(16)14-13(3,4)12(15)17/h5-6,9H,7H2,1-4H3,(H,14,16). The third-order valence-corrected chi connectivity index (χ3v) is 4.37. The van der Waals surface area contributed by atoms with Crippen LogP contribution in [-0.2, 0) is 16.1 Å². The van der Waals surface area contributed by atoms with Gasteiger partial charge < -0.3 is 10.2 Å². The first-order valence-electron chi connectivity index (χ1n) is 5.99. The van der Waals surface area contributed by atoms with E-state index in [1.807, 2.05) is 18.4 Å². The molecule has 0 saturated carbocycles. The van der Waals surface area contributed by atoms with Gasteiger partial charge in [-0.3, -0.25) is 9.59 Å². The van der Waals surface area contributed by atoms with Crippen molar-refractivity contribution in [1.82, 2.24) is 10.2 Å². The summed E-state index contributed by atoms with van der Waals surface area (Å²) in [6.45, 7) is 7.79. The third-order valence-electron chi connectivity index (χ3n) is 3.36. The van der Waals surface area contributed by atoms with Crippen molar-refractivity contribution in [2.24, 2.45) is 0 Å². The monoisotopic (exact) mass is 266 g/mol. The van der Waals surface area contributed by atoms with Gasteiger partial charge in [-0.05, 0) is 44.7 Å². The Morgan fingerprint density at radius 3 is 2.67 bits per heavy atom. The molecule has 4 nitrogen and oxygen atoms in total. The van der Waals surface area contributed by atoms with E-state index in [0.29, 0.717) is 6.54 Å². The number of rotatable bonds is 2. The fourth-order valence-electron chi connectivity index (χ4n) is 2.07. The molecular weight excluding hydrogens is 248 g/mol. The van der Waals surface area contributed by atoms with Crippen molar-refractivity contribution in [2.75, 3.05) is 0 Å². The van der Waals surface area contributed by atoms with Gasteiger partial charge in [0.1, 0.15) is 11.6 Å². The van der Waals surface area contributed by atoms with Gasteiger partial charge in [-0.1, -0.05) is 0 Å². The van der Waals surface area contributed by atoms with Crippen LogP contribution >= 0.6 is 11.3 Å². The van der Waals surface area contributed by atoms with Crippen molar-refractivity contribution in [3.63, 3.8) is 0 Å². The van der Waals surface area contributed by atoms with Gasteiger partial charge in [-0.2, -0.15) is 0 Å². The van der Waals surface area contributed by atoms with E-state index >= 15 is 0 Å². The molecule has 1 fully saturated rings. The Balaban J connectivity index is 2.27. The van der Waals surface area contributed by atoms with Crippen molar-refractivity contribution in [1.29, 1.82) is 0 Å². The van der Waals surface area contributed by atoms with E-state index in [-0.39, 0.29) is 11.8 Å². The van der Waals surface area contributed by atoms with E-state index in [4.69, 9.17) is 0 Å². The molecule has 1 aliphatic heterocycles. The second-order valence-electron chi connectivity index (χ2n) is 5.25. The van der Waals surface area contributed by atoms with Crippen molar-refractivity contribution in [2.45, 2.75) is 45.8 Å². The van der Waals surface area contributed by atoms with Crippen LogP contribution < -0.4 is 5.32 Å². The molecule has 18 heavy (non-hydrogen) atoms. The molecule has 98 valence electrons. The summed E-state index contributed by atoms with van der Waals surface area (Å²) in [7, 11) is 0. The largest absolute Gasteiger partial charge is 0.340 e. The molecule has 2 amide bonds. The number of hydrogen-bond donors (Lipinski definition) is 1. The van der Waals surface area contributed by atoms with Crippen molar-refractivity contribution in [3.8, 4) is 0 Å². The lowest BCUT2D eigenvalue weighted by Crippen LogP contribution is -2.66. The van der Waals surface area contributed by atoms with Gasteiger partial charge in [0.2, 0.25) is 11.8 Å². The van der Waals surface area contributed by atoms with Gasteiger partial charge >= 0.3 is 0 Å². The van der Waals surface area contributed by atoms with Gasteiger partial charge in [0.15, 0.2) is 0 Å². The molecule has 0 spiro atoms. The molecule has 0 bridgehead atoms. The first kappa shape index (κ1) is 13.1. The molecular formula is C13H18N2O2S. The molecule has 1 aromatic rings. The van der Waals surface area contributed by atoms with E-state index in [1.54, 1.807) is 37.0 Å². The molecule has 2 rings (SSSR count). The van der Waals surface area contributed by atoms with Crippen molar-refractivity contribution in [3.05, 3.63) is 21.9 Å². The van der Waals surface area contributed by atoms with Crippen LogP contribution in [0.1, 0.15) is 31.2 Å². The minimum atomic E-state index is -0.811. The molecule has 1 aromatic heterocycles. The lowest BCUT2D eigenvalue weighted by molar-refractivity contribution is -0.153. The molecule has 1 atom stereocenters. The Morgan fingerprint density at radius 2 is 2.11 bits per heavy atom. The average molecular weight is 266 g/mol. The maximum absolute atomic E-state index is 12.4. The zero-order valence-corrected chi connectivity index (χ0v) is 11.9. The van der Waals surface area contributed by atoms with E-state index in [9.17, 15) is 9.59 Å². The number of carbonyl (C=O) groups is 2. The smallest absolute Gasteiger partial charge is 0.248 e. The minimum absolute atomic E-state index is 0.0256. The number of carbonyl (C=O) groups excluding carboxylic acids is 2. The Labute approximate surface area is 111 Å². The second-order valence-corrected chi connectivity index (χ2v) is 6.25. The van der Waals surface area contributed by atoms with Gasteiger partial charge in [0.25, 0.3) is 0 Å². The minimum Gasteiger partial charge on any atom is -0.340 e. The van der Waals surface area contributed by atoms with Gasteiger partial charge in [0, 0.05) is 4.88 Å². The van der Waals surface area contributed by atoms with Crippen LogP contribution in [0.2, 0.25) is 0 Å². The van der Waals surface area contributed by atoms with Crippen LogP contribution in [0.4, 0.5) is 0 Å². The molecule has 0 aromatic carbocycles. The Hall–Kier alpha value is -1.36. The zero-order valence-electron chi connectivity index (χ0n) is 11.1. The molecule has 2 heterocycles. The van der Waals surface area contributed by atoms with E-state index in [0.717, 1.165) is 4.88 Å². The number of nitrogens with one attached hydrogen (secondary N) is 1. The Bertz CT molecular complexity index is 493. The van der Waals surface area contributed by atoms with E-state index in [1.165, 1.54) is 5.56 Å². The highest BCUT2D eigenvalue weighted by molar-refractivity contribution is 7.10. The Kier molecular flexibility index (Phi) is 3.19. The molecule has 0 radical (unpaired) electrons. The first-order valence-corrected chi connectivity index (χ1v) is 6.87. The molecule has 1 unspecified atom stereocenters. The van der Waals surface area contributed by atoms with Crippen molar-refractivity contribution < 1.29 is 9.59 Å². The summed E-state index contributed by atoms with van der Waals surface area (Å²) < 4.78 is 0. The summed E-state index contributed by atoms with van der Waals surface area (Å²) in [5.41, 5.74) is 0.359. The van der Waals surface area contributed by atoms with Crippen LogP contribution in [0, 0.1) is 6.92 Å². The highest BCUT2D eigenvalue weighted by Crippen LogP contribution is 2.24. The zero-order chi connectivity index (χ0) is 13.5. The number of hydrogen-bond acceptors (Lipinski definition) is 3. The number of nitrogens with zero attached hydrogens (tertiary/aromatic N) is 1. The summed E-state index contributed by atoms with van der Waals surface area (Å²) in [5.74, 6) is -0.115. The second kappa shape index (κ2) is 4.39. The number of amides is 2. The number of piperazine rings is 1. The fraction of sp³-hybridized carbons (Fsp3) is 0.538. The first-order chi connectivity index (χ1) is 8.33. The van der Waals surface area contributed by atoms with Gasteiger partial charge in [-0.25, -0.2) is 0 Å². The summed E-state index contributed by atoms with van der Waals surface area (Å²) in [6, 6.07) is 1.62. The van der Waals surface area contributed by atoms with Crippen LogP contribution in [0.3, 0.4) is 0 Å². The third kappa shape index (κ3) is 2.14. The van der Waals surface area contributed by atoms with Crippen LogP contribution in [-0.4, -0.2) is 28.3 Å². The summed E-state index contributed by atoms with van der Waals surface area (Å²) >= 11 is 1.62. The van der Waals surface area contributed by atoms with E-state index < -0.39 is 11.6 Å². The average Bonchev–Trinajstić information content (AvgIpc) is 2.67. The fourth-order valence-corrected chi connectivity index (χ4v) is 2.98. The van der Waals surface area contributed by atoms with Crippen LogP contribution in [0.5, 0.6) is 0 Å². The lowest BCUT2D eigenvalue weighted by atomic mass is 9.97.